The summed E-state index contributed by atoms with van der Waals surface area (Å²) in [6, 6.07) is 8.61. The number of rotatable bonds is 8. The molecule has 0 aliphatic carbocycles. The summed E-state index contributed by atoms with van der Waals surface area (Å²) in [7, 11) is 0. The summed E-state index contributed by atoms with van der Waals surface area (Å²) >= 11 is 0. The number of hydrogen-bond acceptors (Lipinski definition) is 2. The molecule has 1 aromatic carbocycles. The van der Waals surface area contributed by atoms with Crippen LogP contribution in [0.4, 0.5) is 0 Å². The van der Waals surface area contributed by atoms with Crippen molar-refractivity contribution in [3.05, 3.63) is 35.4 Å². The summed E-state index contributed by atoms with van der Waals surface area (Å²) in [5, 5.41) is 12.7. The third kappa shape index (κ3) is 4.43. The minimum absolute atomic E-state index is 0.249. The predicted molar refractivity (Wildman–Crippen MR) is 77.6 cm³/mol. The van der Waals surface area contributed by atoms with E-state index in [9.17, 15) is 5.11 Å². The van der Waals surface area contributed by atoms with E-state index in [1.807, 2.05) is 0 Å². The molecule has 102 valence electrons. The van der Waals surface area contributed by atoms with Crippen LogP contribution < -0.4 is 5.32 Å². The molecule has 0 spiro atoms. The standard InChI is InChI=1S/C16H27NO/c1-4-16(5-2,9-10-18)13-17-12-15-8-6-7-14(3)11-15/h6-8,11,17-18H,4-5,9-10,12-13H2,1-3H3. The first kappa shape index (κ1) is 15.2. The fourth-order valence-electron chi connectivity index (χ4n) is 2.47. The first-order valence-electron chi connectivity index (χ1n) is 7.03. The zero-order valence-corrected chi connectivity index (χ0v) is 12.0. The molecule has 0 aromatic heterocycles. The number of benzene rings is 1. The van der Waals surface area contributed by atoms with Gasteiger partial charge in [0.05, 0.1) is 0 Å². The summed E-state index contributed by atoms with van der Waals surface area (Å²) in [4.78, 5) is 0. The third-order valence-electron chi connectivity index (χ3n) is 4.05. The SMILES string of the molecule is CCC(CC)(CCO)CNCc1cccc(C)c1. The maximum atomic E-state index is 9.19. The number of aliphatic hydroxyl groups is 1. The van der Waals surface area contributed by atoms with Gasteiger partial charge in [0, 0.05) is 19.7 Å². The Bertz CT molecular complexity index is 345. The van der Waals surface area contributed by atoms with Crippen LogP contribution >= 0.6 is 0 Å². The first-order valence-corrected chi connectivity index (χ1v) is 7.03. The minimum atomic E-state index is 0.249. The highest BCUT2D eigenvalue weighted by atomic mass is 16.3. The number of aliphatic hydroxyl groups excluding tert-OH is 1. The van der Waals surface area contributed by atoms with Gasteiger partial charge >= 0.3 is 0 Å². The summed E-state index contributed by atoms with van der Waals surface area (Å²) in [6.07, 6.45) is 3.12. The van der Waals surface area contributed by atoms with Crippen LogP contribution in [0.2, 0.25) is 0 Å². The molecule has 0 amide bonds. The molecular formula is C16H27NO. The fourth-order valence-corrected chi connectivity index (χ4v) is 2.47. The Kier molecular flexibility index (Phi) is 6.37. The van der Waals surface area contributed by atoms with Gasteiger partial charge in [0.2, 0.25) is 0 Å². The van der Waals surface area contributed by atoms with Crippen LogP contribution in [0.25, 0.3) is 0 Å². The quantitative estimate of drug-likeness (QED) is 0.741. The maximum Gasteiger partial charge on any atom is 0.0436 e. The van der Waals surface area contributed by atoms with Crippen LogP contribution in [0, 0.1) is 12.3 Å². The molecule has 1 rings (SSSR count). The maximum absolute atomic E-state index is 9.19. The van der Waals surface area contributed by atoms with Crippen molar-refractivity contribution in [2.24, 2.45) is 5.41 Å². The molecule has 0 fully saturated rings. The van der Waals surface area contributed by atoms with E-state index < -0.39 is 0 Å². The summed E-state index contributed by atoms with van der Waals surface area (Å²) in [6.45, 7) is 8.73. The minimum Gasteiger partial charge on any atom is -0.396 e. The van der Waals surface area contributed by atoms with E-state index in [0.717, 1.165) is 32.4 Å². The molecule has 0 saturated carbocycles. The van der Waals surface area contributed by atoms with Crippen LogP contribution in [-0.2, 0) is 6.54 Å². The van der Waals surface area contributed by atoms with Crippen LogP contribution in [-0.4, -0.2) is 18.3 Å². The molecule has 2 N–H and O–H groups in total. The van der Waals surface area contributed by atoms with Gasteiger partial charge in [-0.2, -0.15) is 0 Å². The Morgan fingerprint density at radius 1 is 1.22 bits per heavy atom. The van der Waals surface area contributed by atoms with E-state index in [-0.39, 0.29) is 12.0 Å². The van der Waals surface area contributed by atoms with Gasteiger partial charge in [-0.25, -0.2) is 0 Å². The van der Waals surface area contributed by atoms with Gasteiger partial charge in [-0.3, -0.25) is 0 Å². The van der Waals surface area contributed by atoms with Crippen molar-refractivity contribution in [2.45, 2.75) is 46.6 Å². The predicted octanol–water partition coefficient (Wildman–Crippen LogP) is 3.27. The molecule has 0 aliphatic rings. The highest BCUT2D eigenvalue weighted by Gasteiger charge is 2.24. The average Bonchev–Trinajstić information content (AvgIpc) is 2.38. The lowest BCUT2D eigenvalue weighted by molar-refractivity contribution is 0.163. The molecule has 0 unspecified atom stereocenters. The molecule has 2 nitrogen and oxygen atoms in total. The first-order chi connectivity index (χ1) is 8.65. The van der Waals surface area contributed by atoms with Gasteiger partial charge in [0.15, 0.2) is 0 Å². The van der Waals surface area contributed by atoms with Gasteiger partial charge in [0.25, 0.3) is 0 Å². The smallest absolute Gasteiger partial charge is 0.0436 e. The molecule has 0 atom stereocenters. The highest BCUT2D eigenvalue weighted by molar-refractivity contribution is 5.21. The van der Waals surface area contributed by atoms with E-state index in [2.05, 4.69) is 50.4 Å². The molecule has 18 heavy (non-hydrogen) atoms. The van der Waals surface area contributed by atoms with Gasteiger partial charge in [-0.15, -0.1) is 0 Å². The van der Waals surface area contributed by atoms with Gasteiger partial charge in [0.1, 0.15) is 0 Å². The third-order valence-corrected chi connectivity index (χ3v) is 4.05. The van der Waals surface area contributed by atoms with Crippen molar-refractivity contribution in [1.82, 2.24) is 5.32 Å². The van der Waals surface area contributed by atoms with Crippen molar-refractivity contribution in [3.8, 4) is 0 Å². The van der Waals surface area contributed by atoms with Crippen molar-refractivity contribution >= 4 is 0 Å². The molecule has 0 saturated heterocycles. The van der Waals surface area contributed by atoms with Crippen LogP contribution in [0.3, 0.4) is 0 Å². The normalized spacial score (nSPS) is 11.8. The Balaban J connectivity index is 2.48. The van der Waals surface area contributed by atoms with Crippen molar-refractivity contribution in [2.75, 3.05) is 13.2 Å². The molecule has 0 radical (unpaired) electrons. The fraction of sp³-hybridized carbons (Fsp3) is 0.625. The molecule has 0 aliphatic heterocycles. The van der Waals surface area contributed by atoms with Crippen molar-refractivity contribution in [1.29, 1.82) is 0 Å². The molecule has 2 heteroatoms. The number of hydrogen-bond donors (Lipinski definition) is 2. The summed E-state index contributed by atoms with van der Waals surface area (Å²) in [5.74, 6) is 0. The Hall–Kier alpha value is -0.860. The Morgan fingerprint density at radius 2 is 1.94 bits per heavy atom. The Labute approximate surface area is 111 Å². The zero-order valence-electron chi connectivity index (χ0n) is 12.0. The van der Waals surface area contributed by atoms with Crippen LogP contribution in [0.15, 0.2) is 24.3 Å². The zero-order chi connectivity index (χ0) is 13.4. The average molecular weight is 249 g/mol. The largest absolute Gasteiger partial charge is 0.396 e. The topological polar surface area (TPSA) is 32.3 Å². The molecule has 1 aromatic rings. The second-order valence-corrected chi connectivity index (χ2v) is 5.27. The lowest BCUT2D eigenvalue weighted by Crippen LogP contribution is -2.34. The highest BCUT2D eigenvalue weighted by Crippen LogP contribution is 2.29. The van der Waals surface area contributed by atoms with E-state index >= 15 is 0 Å². The van der Waals surface area contributed by atoms with Gasteiger partial charge < -0.3 is 10.4 Å². The lowest BCUT2D eigenvalue weighted by atomic mass is 9.79. The molecule has 0 heterocycles. The monoisotopic (exact) mass is 249 g/mol. The van der Waals surface area contributed by atoms with Crippen LogP contribution in [0.5, 0.6) is 0 Å². The van der Waals surface area contributed by atoms with E-state index in [0.29, 0.717) is 0 Å². The summed E-state index contributed by atoms with van der Waals surface area (Å²) in [5.41, 5.74) is 2.89. The van der Waals surface area contributed by atoms with Crippen molar-refractivity contribution in [3.63, 3.8) is 0 Å². The summed E-state index contributed by atoms with van der Waals surface area (Å²) < 4.78 is 0. The van der Waals surface area contributed by atoms with Crippen LogP contribution in [0.1, 0.15) is 44.2 Å². The lowest BCUT2D eigenvalue weighted by Gasteiger charge is -2.31. The van der Waals surface area contributed by atoms with Gasteiger partial charge in [-0.1, -0.05) is 43.7 Å². The molecular weight excluding hydrogens is 222 g/mol. The molecule has 0 bridgehead atoms. The van der Waals surface area contributed by atoms with Crippen molar-refractivity contribution < 1.29 is 5.11 Å². The van der Waals surface area contributed by atoms with E-state index in [1.165, 1.54) is 11.1 Å². The second kappa shape index (κ2) is 7.55. The number of nitrogens with one attached hydrogen (secondary N) is 1. The van der Waals surface area contributed by atoms with E-state index in [4.69, 9.17) is 0 Å². The van der Waals surface area contributed by atoms with Gasteiger partial charge in [-0.05, 0) is 37.2 Å². The Morgan fingerprint density at radius 3 is 2.50 bits per heavy atom. The second-order valence-electron chi connectivity index (χ2n) is 5.27. The number of aryl methyl sites for hydroxylation is 1. The van der Waals surface area contributed by atoms with E-state index in [1.54, 1.807) is 0 Å².